The molecule has 0 radical (unpaired) electrons. The van der Waals surface area contributed by atoms with Gasteiger partial charge in [0, 0.05) is 11.6 Å². The van der Waals surface area contributed by atoms with Gasteiger partial charge in [0.1, 0.15) is 6.61 Å². The van der Waals surface area contributed by atoms with Gasteiger partial charge in [-0.1, -0.05) is 60.1 Å². The topological polar surface area (TPSA) is 93.8 Å². The summed E-state index contributed by atoms with van der Waals surface area (Å²) < 4.78 is 6.44. The molecule has 0 fully saturated rings. The molecule has 0 heterocycles. The predicted molar refractivity (Wildman–Crippen MR) is 122 cm³/mol. The van der Waals surface area contributed by atoms with Crippen molar-refractivity contribution >= 4 is 45.3 Å². The number of hydrazone groups is 1. The zero-order valence-corrected chi connectivity index (χ0v) is 18.5. The van der Waals surface area contributed by atoms with Crippen LogP contribution in [0.4, 0.5) is 5.69 Å². The van der Waals surface area contributed by atoms with E-state index >= 15 is 0 Å². The molecule has 3 rings (SSSR count). The van der Waals surface area contributed by atoms with Crippen LogP contribution in [0.25, 0.3) is 0 Å². The van der Waals surface area contributed by atoms with Crippen molar-refractivity contribution in [3.05, 3.63) is 103 Å². The Kier molecular flexibility index (Phi) is 7.75. The second-order valence-electron chi connectivity index (χ2n) is 6.44. The third-order valence-corrected chi connectivity index (χ3v) is 5.06. The quantitative estimate of drug-likeness (QED) is 0.257. The summed E-state index contributed by atoms with van der Waals surface area (Å²) >= 11 is 9.76. The maximum absolute atomic E-state index is 12.1. The summed E-state index contributed by atoms with van der Waals surface area (Å²) in [7, 11) is 0. The number of benzene rings is 3. The Morgan fingerprint density at radius 1 is 1.16 bits per heavy atom. The zero-order valence-electron chi connectivity index (χ0n) is 16.1. The van der Waals surface area contributed by atoms with E-state index in [1.165, 1.54) is 18.3 Å². The van der Waals surface area contributed by atoms with Crippen LogP contribution in [0.1, 0.15) is 16.7 Å². The molecule has 0 saturated carbocycles. The molecule has 7 nitrogen and oxygen atoms in total. The minimum Gasteiger partial charge on any atom is -0.486 e. The molecule has 1 N–H and O–H groups in total. The first-order chi connectivity index (χ1) is 14.9. The second-order valence-corrected chi connectivity index (χ2v) is 7.71. The Bertz CT molecular complexity index is 1100. The molecule has 1 amide bonds. The molecule has 0 unspecified atom stereocenters. The van der Waals surface area contributed by atoms with E-state index in [0.29, 0.717) is 33.0 Å². The molecule has 0 aliphatic heterocycles. The molecule has 0 saturated heterocycles. The number of hydrogen-bond donors (Lipinski definition) is 1. The van der Waals surface area contributed by atoms with Crippen molar-refractivity contribution in [3.8, 4) is 5.75 Å². The fourth-order valence-electron chi connectivity index (χ4n) is 2.75. The van der Waals surface area contributed by atoms with Gasteiger partial charge in [0.2, 0.25) is 5.91 Å². The van der Waals surface area contributed by atoms with Crippen molar-refractivity contribution in [1.29, 1.82) is 0 Å². The van der Waals surface area contributed by atoms with Gasteiger partial charge in [-0.05, 0) is 39.2 Å². The summed E-state index contributed by atoms with van der Waals surface area (Å²) in [6.07, 6.45) is 1.26. The van der Waals surface area contributed by atoms with Crippen molar-refractivity contribution in [2.45, 2.75) is 13.0 Å². The van der Waals surface area contributed by atoms with Gasteiger partial charge in [-0.25, -0.2) is 5.43 Å². The van der Waals surface area contributed by atoms with Crippen LogP contribution < -0.4 is 10.2 Å². The number of hydrogen-bond acceptors (Lipinski definition) is 5. The van der Waals surface area contributed by atoms with Gasteiger partial charge < -0.3 is 4.74 Å². The van der Waals surface area contributed by atoms with Crippen LogP contribution >= 0.6 is 27.5 Å². The van der Waals surface area contributed by atoms with E-state index in [1.807, 2.05) is 30.3 Å². The van der Waals surface area contributed by atoms with Gasteiger partial charge >= 0.3 is 0 Å². The molecule has 0 aliphatic rings. The first-order valence-electron chi connectivity index (χ1n) is 9.14. The fraction of sp³-hybridized carbons (Fsp3) is 0.0909. The second kappa shape index (κ2) is 10.7. The molecule has 31 heavy (non-hydrogen) atoms. The highest BCUT2D eigenvalue weighted by Crippen LogP contribution is 2.34. The standard InChI is InChI=1S/C22H17BrClN3O4/c23-18-10-16(11-19(24)22(18)31-14-15-6-2-1-3-7-15)13-25-26-21(28)12-17-8-4-5-9-20(17)27(29)30/h1-11,13H,12,14H2,(H,26,28)/b25-13+. The third-order valence-electron chi connectivity index (χ3n) is 4.19. The number of halogens is 2. The lowest BCUT2D eigenvalue weighted by atomic mass is 10.1. The van der Waals surface area contributed by atoms with E-state index in [9.17, 15) is 14.9 Å². The van der Waals surface area contributed by atoms with E-state index in [4.69, 9.17) is 16.3 Å². The summed E-state index contributed by atoms with van der Waals surface area (Å²) in [5, 5.41) is 15.3. The van der Waals surface area contributed by atoms with E-state index in [0.717, 1.165) is 5.56 Å². The van der Waals surface area contributed by atoms with E-state index in [-0.39, 0.29) is 12.1 Å². The summed E-state index contributed by atoms with van der Waals surface area (Å²) in [5.74, 6) is 0.0293. The molecule has 3 aromatic carbocycles. The molecular formula is C22H17BrClN3O4. The van der Waals surface area contributed by atoms with Crippen molar-refractivity contribution in [2.24, 2.45) is 5.10 Å². The summed E-state index contributed by atoms with van der Waals surface area (Å²) in [6, 6.07) is 19.2. The zero-order chi connectivity index (χ0) is 22.2. The Morgan fingerprint density at radius 3 is 2.58 bits per heavy atom. The largest absolute Gasteiger partial charge is 0.486 e. The van der Waals surface area contributed by atoms with Gasteiger partial charge in [0.25, 0.3) is 5.69 Å². The maximum atomic E-state index is 12.1. The SMILES string of the molecule is O=C(Cc1ccccc1[N+](=O)[O-])N/N=C/c1cc(Cl)c(OCc2ccccc2)c(Br)c1. The van der Waals surface area contributed by atoms with Crippen molar-refractivity contribution in [2.75, 3.05) is 0 Å². The van der Waals surface area contributed by atoms with Crippen LogP contribution in [0.15, 0.2) is 76.3 Å². The Morgan fingerprint density at radius 2 is 1.87 bits per heavy atom. The van der Waals surface area contributed by atoms with E-state index in [1.54, 1.807) is 24.3 Å². The Hall–Kier alpha value is -3.23. The number of carbonyl (C=O) groups is 1. The average molecular weight is 503 g/mol. The summed E-state index contributed by atoms with van der Waals surface area (Å²) in [4.78, 5) is 22.6. The third kappa shape index (κ3) is 6.37. The molecule has 0 aliphatic carbocycles. The number of nitrogens with zero attached hydrogens (tertiary/aromatic N) is 2. The normalized spacial score (nSPS) is 10.8. The van der Waals surface area contributed by atoms with Crippen LogP contribution in [0.2, 0.25) is 5.02 Å². The average Bonchev–Trinajstić information content (AvgIpc) is 2.74. The van der Waals surface area contributed by atoms with Crippen LogP contribution in [-0.2, 0) is 17.8 Å². The molecule has 158 valence electrons. The summed E-state index contributed by atoms with van der Waals surface area (Å²) in [6.45, 7) is 0.369. The van der Waals surface area contributed by atoms with Crippen LogP contribution in [0.5, 0.6) is 5.75 Å². The monoisotopic (exact) mass is 501 g/mol. The van der Waals surface area contributed by atoms with E-state index in [2.05, 4.69) is 26.5 Å². The molecule has 0 bridgehead atoms. The first-order valence-corrected chi connectivity index (χ1v) is 10.3. The van der Waals surface area contributed by atoms with Gasteiger partial charge in [0.15, 0.2) is 5.75 Å². The van der Waals surface area contributed by atoms with Crippen molar-refractivity contribution in [1.82, 2.24) is 5.43 Å². The van der Waals surface area contributed by atoms with Crippen LogP contribution in [-0.4, -0.2) is 17.0 Å². The lowest BCUT2D eigenvalue weighted by Gasteiger charge is -2.11. The molecule has 0 spiro atoms. The smallest absolute Gasteiger partial charge is 0.273 e. The van der Waals surface area contributed by atoms with Gasteiger partial charge in [-0.2, -0.15) is 5.10 Å². The van der Waals surface area contributed by atoms with Crippen LogP contribution in [0.3, 0.4) is 0 Å². The van der Waals surface area contributed by atoms with Gasteiger partial charge in [-0.3, -0.25) is 14.9 Å². The number of ether oxygens (including phenoxy) is 1. The van der Waals surface area contributed by atoms with Gasteiger partial charge in [-0.15, -0.1) is 0 Å². The Balaban J connectivity index is 1.61. The van der Waals surface area contributed by atoms with Crippen LogP contribution in [0, 0.1) is 10.1 Å². The molecule has 0 aromatic heterocycles. The number of nitro benzene ring substituents is 1. The number of amides is 1. The predicted octanol–water partition coefficient (Wildman–Crippen LogP) is 5.28. The van der Waals surface area contributed by atoms with Crippen molar-refractivity contribution in [3.63, 3.8) is 0 Å². The first kappa shape index (κ1) is 22.5. The number of rotatable bonds is 8. The minimum absolute atomic E-state index is 0.108. The molecule has 9 heteroatoms. The minimum atomic E-state index is -0.521. The fourth-order valence-corrected chi connectivity index (χ4v) is 3.74. The highest BCUT2D eigenvalue weighted by molar-refractivity contribution is 9.10. The lowest BCUT2D eigenvalue weighted by Crippen LogP contribution is -2.20. The van der Waals surface area contributed by atoms with Gasteiger partial charge in [0.05, 0.1) is 27.1 Å². The summed E-state index contributed by atoms with van der Waals surface area (Å²) in [5.41, 5.74) is 4.21. The Labute approximate surface area is 192 Å². The molecular weight excluding hydrogens is 486 g/mol. The maximum Gasteiger partial charge on any atom is 0.273 e. The highest BCUT2D eigenvalue weighted by atomic mass is 79.9. The van der Waals surface area contributed by atoms with Crippen molar-refractivity contribution < 1.29 is 14.5 Å². The van der Waals surface area contributed by atoms with E-state index < -0.39 is 10.8 Å². The number of para-hydroxylation sites is 1. The molecule has 0 atom stereocenters. The number of nitro groups is 1. The lowest BCUT2D eigenvalue weighted by molar-refractivity contribution is -0.385. The number of nitrogens with one attached hydrogen (secondary N) is 1. The highest BCUT2D eigenvalue weighted by Gasteiger charge is 2.15. The molecule has 3 aromatic rings. The number of carbonyl (C=O) groups excluding carboxylic acids is 1.